The van der Waals surface area contributed by atoms with Crippen molar-refractivity contribution in [3.63, 3.8) is 0 Å². The summed E-state index contributed by atoms with van der Waals surface area (Å²) in [6.45, 7) is 0.621. The number of ether oxygens (including phenoxy) is 1. The largest absolute Gasteiger partial charge is 0.493 e. The molecule has 20 heavy (non-hydrogen) atoms. The van der Waals surface area contributed by atoms with E-state index in [-0.39, 0.29) is 24.7 Å². The summed E-state index contributed by atoms with van der Waals surface area (Å²) < 4.78 is 27.2. The van der Waals surface area contributed by atoms with Crippen LogP contribution in [0.2, 0.25) is 0 Å². The van der Waals surface area contributed by atoms with Gasteiger partial charge in [0.05, 0.1) is 18.8 Å². The molecule has 0 aliphatic carbocycles. The fourth-order valence-electron chi connectivity index (χ4n) is 1.48. The molecule has 0 aromatic heterocycles. The molecule has 0 bridgehead atoms. The summed E-state index contributed by atoms with van der Waals surface area (Å²) in [5, 5.41) is 2.65. The molecule has 0 atom stereocenters. The van der Waals surface area contributed by atoms with Crippen LogP contribution in [0.15, 0.2) is 24.3 Å². The maximum absolute atomic E-state index is 11.5. The lowest BCUT2D eigenvalue weighted by molar-refractivity contribution is -0.121. The molecule has 1 amide bonds. The molecule has 0 saturated carbocycles. The van der Waals surface area contributed by atoms with E-state index in [4.69, 9.17) is 10.5 Å². The first kappa shape index (κ1) is 16.3. The molecule has 1 aromatic rings. The van der Waals surface area contributed by atoms with Crippen molar-refractivity contribution >= 4 is 21.4 Å². The van der Waals surface area contributed by atoms with Crippen LogP contribution in [0.5, 0.6) is 5.75 Å². The van der Waals surface area contributed by atoms with Gasteiger partial charge in [0.1, 0.15) is 15.6 Å². The van der Waals surface area contributed by atoms with E-state index in [1.54, 1.807) is 24.3 Å². The Bertz CT molecular complexity index is 526. The highest BCUT2D eigenvalue weighted by Gasteiger charge is 2.04. The number of sulfone groups is 1. The fourth-order valence-corrected chi connectivity index (χ4v) is 2.14. The van der Waals surface area contributed by atoms with Crippen LogP contribution in [0.1, 0.15) is 12.8 Å². The van der Waals surface area contributed by atoms with Gasteiger partial charge in [-0.15, -0.1) is 0 Å². The molecule has 0 aliphatic rings. The SMILES string of the molecule is CS(=O)(=O)CCCNC(=O)CCOc1ccc(N)cc1. The standard InChI is InChI=1S/C13H20N2O4S/c1-20(17,18)10-2-8-15-13(16)7-9-19-12-5-3-11(14)4-6-12/h3-6H,2,7-10,14H2,1H3,(H,15,16). The van der Waals surface area contributed by atoms with Gasteiger partial charge in [-0.25, -0.2) is 8.42 Å². The molecule has 0 radical (unpaired) electrons. The molecule has 0 fully saturated rings. The van der Waals surface area contributed by atoms with Gasteiger partial charge < -0.3 is 15.8 Å². The van der Waals surface area contributed by atoms with Crippen molar-refractivity contribution in [3.8, 4) is 5.75 Å². The zero-order valence-electron chi connectivity index (χ0n) is 11.5. The van der Waals surface area contributed by atoms with Gasteiger partial charge in [-0.1, -0.05) is 0 Å². The van der Waals surface area contributed by atoms with Gasteiger partial charge in [-0.05, 0) is 30.7 Å². The summed E-state index contributed by atoms with van der Waals surface area (Å²) in [6, 6.07) is 6.92. The van der Waals surface area contributed by atoms with Crippen LogP contribution in [0.4, 0.5) is 5.69 Å². The maximum atomic E-state index is 11.5. The van der Waals surface area contributed by atoms with Gasteiger partial charge in [0.2, 0.25) is 5.91 Å². The van der Waals surface area contributed by atoms with E-state index in [1.165, 1.54) is 6.26 Å². The van der Waals surface area contributed by atoms with Crippen LogP contribution in [-0.2, 0) is 14.6 Å². The van der Waals surface area contributed by atoms with E-state index >= 15 is 0 Å². The van der Waals surface area contributed by atoms with Gasteiger partial charge in [0.15, 0.2) is 0 Å². The summed E-state index contributed by atoms with van der Waals surface area (Å²) in [5.74, 6) is 0.577. The van der Waals surface area contributed by atoms with Gasteiger partial charge in [-0.3, -0.25) is 4.79 Å². The highest BCUT2D eigenvalue weighted by Crippen LogP contribution is 2.12. The summed E-state index contributed by atoms with van der Waals surface area (Å²) in [5.41, 5.74) is 6.19. The number of anilines is 1. The van der Waals surface area contributed by atoms with E-state index in [2.05, 4.69) is 5.32 Å². The number of rotatable bonds is 8. The average Bonchev–Trinajstić information content (AvgIpc) is 2.36. The molecule has 7 heteroatoms. The molecule has 0 saturated heterocycles. The number of benzene rings is 1. The van der Waals surface area contributed by atoms with Crippen molar-refractivity contribution in [2.75, 3.05) is 30.9 Å². The second-order valence-corrected chi connectivity index (χ2v) is 6.76. The Balaban J connectivity index is 2.12. The fraction of sp³-hybridized carbons (Fsp3) is 0.462. The Morgan fingerprint density at radius 2 is 1.95 bits per heavy atom. The normalized spacial score (nSPS) is 11.1. The van der Waals surface area contributed by atoms with Crippen molar-refractivity contribution in [2.45, 2.75) is 12.8 Å². The molecule has 112 valence electrons. The Morgan fingerprint density at radius 1 is 1.30 bits per heavy atom. The average molecular weight is 300 g/mol. The van der Waals surface area contributed by atoms with E-state index in [1.807, 2.05) is 0 Å². The summed E-state index contributed by atoms with van der Waals surface area (Å²) in [7, 11) is -2.96. The predicted molar refractivity (Wildman–Crippen MR) is 78.3 cm³/mol. The minimum absolute atomic E-state index is 0.0786. The number of carbonyl (C=O) groups excluding carboxylic acids is 1. The lowest BCUT2D eigenvalue weighted by Gasteiger charge is -2.07. The minimum Gasteiger partial charge on any atom is -0.493 e. The molecule has 6 nitrogen and oxygen atoms in total. The van der Waals surface area contributed by atoms with Crippen LogP contribution in [-0.4, -0.2) is 39.5 Å². The van der Waals surface area contributed by atoms with Crippen molar-refractivity contribution in [2.24, 2.45) is 0 Å². The number of nitrogens with two attached hydrogens (primary N) is 1. The number of carbonyl (C=O) groups is 1. The zero-order chi connectivity index (χ0) is 15.0. The third-order valence-corrected chi connectivity index (χ3v) is 3.52. The lowest BCUT2D eigenvalue weighted by Crippen LogP contribution is -2.27. The first-order valence-corrected chi connectivity index (χ1v) is 8.35. The number of amides is 1. The summed E-state index contributed by atoms with van der Waals surface area (Å²) in [6.07, 6.45) is 1.82. The first-order valence-electron chi connectivity index (χ1n) is 6.29. The van der Waals surface area contributed by atoms with Gasteiger partial charge in [0.25, 0.3) is 0 Å². The summed E-state index contributed by atoms with van der Waals surface area (Å²) >= 11 is 0. The van der Waals surface area contributed by atoms with Crippen LogP contribution in [0, 0.1) is 0 Å². The monoisotopic (exact) mass is 300 g/mol. The second kappa shape index (κ2) is 7.74. The molecular formula is C13H20N2O4S. The highest BCUT2D eigenvalue weighted by atomic mass is 32.2. The smallest absolute Gasteiger partial charge is 0.223 e. The number of hydrogen-bond acceptors (Lipinski definition) is 5. The second-order valence-electron chi connectivity index (χ2n) is 4.50. The number of hydrogen-bond donors (Lipinski definition) is 2. The van der Waals surface area contributed by atoms with Crippen LogP contribution >= 0.6 is 0 Å². The highest BCUT2D eigenvalue weighted by molar-refractivity contribution is 7.90. The molecule has 0 heterocycles. The molecule has 3 N–H and O–H groups in total. The van der Waals surface area contributed by atoms with Crippen molar-refractivity contribution in [3.05, 3.63) is 24.3 Å². The first-order chi connectivity index (χ1) is 9.37. The van der Waals surface area contributed by atoms with E-state index in [0.717, 1.165) is 0 Å². The number of nitrogens with one attached hydrogen (secondary N) is 1. The Kier molecular flexibility index (Phi) is 6.30. The summed E-state index contributed by atoms with van der Waals surface area (Å²) in [4.78, 5) is 11.5. The van der Waals surface area contributed by atoms with Crippen molar-refractivity contribution in [1.29, 1.82) is 0 Å². The van der Waals surface area contributed by atoms with Crippen LogP contribution in [0.3, 0.4) is 0 Å². The van der Waals surface area contributed by atoms with Crippen LogP contribution < -0.4 is 15.8 Å². The van der Waals surface area contributed by atoms with Crippen LogP contribution in [0.25, 0.3) is 0 Å². The lowest BCUT2D eigenvalue weighted by atomic mass is 10.3. The van der Waals surface area contributed by atoms with Gasteiger partial charge in [-0.2, -0.15) is 0 Å². The molecule has 0 unspecified atom stereocenters. The molecule has 0 aliphatic heterocycles. The van der Waals surface area contributed by atoms with E-state index in [0.29, 0.717) is 24.4 Å². The van der Waals surface area contributed by atoms with E-state index in [9.17, 15) is 13.2 Å². The van der Waals surface area contributed by atoms with Gasteiger partial charge in [0, 0.05) is 18.5 Å². The molecule has 1 aromatic carbocycles. The minimum atomic E-state index is -2.96. The number of nitrogen functional groups attached to an aromatic ring is 1. The van der Waals surface area contributed by atoms with Crippen molar-refractivity contribution in [1.82, 2.24) is 5.32 Å². The third kappa shape index (κ3) is 7.63. The molecular weight excluding hydrogens is 280 g/mol. The van der Waals surface area contributed by atoms with Crippen molar-refractivity contribution < 1.29 is 17.9 Å². The molecule has 0 spiro atoms. The third-order valence-electron chi connectivity index (χ3n) is 2.49. The maximum Gasteiger partial charge on any atom is 0.223 e. The Morgan fingerprint density at radius 3 is 2.55 bits per heavy atom. The quantitative estimate of drug-likeness (QED) is 0.541. The zero-order valence-corrected chi connectivity index (χ0v) is 12.3. The molecule has 1 rings (SSSR count). The van der Waals surface area contributed by atoms with E-state index < -0.39 is 9.84 Å². The predicted octanol–water partition coefficient (Wildman–Crippen LogP) is 0.589. The van der Waals surface area contributed by atoms with Gasteiger partial charge >= 0.3 is 0 Å². The Hall–Kier alpha value is -1.76. The Labute approximate surface area is 119 Å². The topological polar surface area (TPSA) is 98.5 Å².